The summed E-state index contributed by atoms with van der Waals surface area (Å²) in [6, 6.07) is 13.9. The van der Waals surface area contributed by atoms with E-state index < -0.39 is 6.04 Å². The molecule has 168 valence electrons. The van der Waals surface area contributed by atoms with E-state index in [9.17, 15) is 9.59 Å². The van der Waals surface area contributed by atoms with E-state index in [4.69, 9.17) is 27.9 Å². The third kappa shape index (κ3) is 8.08. The number of halogens is 2. The predicted octanol–water partition coefficient (Wildman–Crippen LogP) is 5.48. The fourth-order valence-corrected chi connectivity index (χ4v) is 3.52. The van der Waals surface area contributed by atoms with E-state index >= 15 is 0 Å². The average Bonchev–Trinajstić information content (AvgIpc) is 2.73. The zero-order chi connectivity index (χ0) is 22.8. The normalized spacial score (nSPS) is 11.8. The van der Waals surface area contributed by atoms with Gasteiger partial charge in [0, 0.05) is 29.1 Å². The van der Waals surface area contributed by atoms with Gasteiger partial charge in [-0.05, 0) is 62.6 Å². The Morgan fingerprint density at radius 1 is 1.06 bits per heavy atom. The molecule has 0 spiro atoms. The topological polar surface area (TPSA) is 58.6 Å². The molecule has 7 heteroatoms. The van der Waals surface area contributed by atoms with Gasteiger partial charge >= 0.3 is 0 Å². The fraction of sp³-hybridized carbons (Fsp3) is 0.417. The number of nitrogens with zero attached hydrogens (tertiary/aromatic N) is 1. The van der Waals surface area contributed by atoms with Crippen molar-refractivity contribution in [3.63, 3.8) is 0 Å². The molecule has 0 fully saturated rings. The van der Waals surface area contributed by atoms with Crippen LogP contribution < -0.4 is 10.1 Å². The number of hydrogen-bond donors (Lipinski definition) is 1. The number of hydrogen-bond acceptors (Lipinski definition) is 3. The number of carbonyl (C=O) groups excluding carboxylic acids is 2. The Morgan fingerprint density at radius 2 is 1.74 bits per heavy atom. The molecule has 0 aliphatic heterocycles. The third-order valence-electron chi connectivity index (χ3n) is 4.73. The van der Waals surface area contributed by atoms with E-state index in [1.54, 1.807) is 35.2 Å². The molecule has 0 aliphatic carbocycles. The van der Waals surface area contributed by atoms with Gasteiger partial charge in [-0.15, -0.1) is 0 Å². The highest BCUT2D eigenvalue weighted by Gasteiger charge is 2.29. The van der Waals surface area contributed by atoms with Crippen molar-refractivity contribution >= 4 is 35.0 Å². The Morgan fingerprint density at radius 3 is 2.35 bits per heavy atom. The van der Waals surface area contributed by atoms with E-state index in [1.165, 1.54) is 0 Å². The second-order valence-electron chi connectivity index (χ2n) is 7.61. The zero-order valence-electron chi connectivity index (χ0n) is 18.2. The van der Waals surface area contributed by atoms with Gasteiger partial charge in [0.1, 0.15) is 11.8 Å². The number of benzene rings is 2. The quantitative estimate of drug-likeness (QED) is 0.447. The Bertz CT molecular complexity index is 856. The summed E-state index contributed by atoms with van der Waals surface area (Å²) in [7, 11) is 0. The maximum atomic E-state index is 13.1. The number of nitrogens with one attached hydrogen (secondary N) is 1. The number of ether oxygens (including phenoxy) is 1. The molecule has 0 aliphatic rings. The summed E-state index contributed by atoms with van der Waals surface area (Å²) >= 11 is 12.2. The van der Waals surface area contributed by atoms with Gasteiger partial charge in [-0.3, -0.25) is 9.59 Å². The first kappa shape index (κ1) is 25.0. The van der Waals surface area contributed by atoms with Crippen LogP contribution >= 0.6 is 23.2 Å². The molecule has 0 saturated carbocycles. The Balaban J connectivity index is 2.06. The summed E-state index contributed by atoms with van der Waals surface area (Å²) in [6.45, 7) is 6.38. The van der Waals surface area contributed by atoms with Crippen molar-refractivity contribution in [2.24, 2.45) is 0 Å². The van der Waals surface area contributed by atoms with Crippen molar-refractivity contribution in [2.45, 2.75) is 58.7 Å². The first-order valence-electron chi connectivity index (χ1n) is 10.5. The summed E-state index contributed by atoms with van der Waals surface area (Å²) in [5.74, 6) is 0.438. The lowest BCUT2D eigenvalue weighted by atomic mass is 10.1. The van der Waals surface area contributed by atoms with Crippen LogP contribution in [0.3, 0.4) is 0 Å². The SMILES string of the molecule is CCC(C(=O)NC(C)C)N(Cc1ccccc1Cl)C(=O)CCCOc1ccc(Cl)cc1. The van der Waals surface area contributed by atoms with E-state index in [1.807, 2.05) is 39.0 Å². The van der Waals surface area contributed by atoms with Gasteiger partial charge < -0.3 is 15.0 Å². The summed E-state index contributed by atoms with van der Waals surface area (Å²) in [5, 5.41) is 4.14. The van der Waals surface area contributed by atoms with E-state index in [0.29, 0.717) is 35.2 Å². The summed E-state index contributed by atoms with van der Waals surface area (Å²) in [4.78, 5) is 27.5. The standard InChI is InChI=1S/C24H30Cl2N2O3/c1-4-22(24(30)27-17(2)3)28(16-18-8-5-6-9-21(18)26)23(29)10-7-15-31-20-13-11-19(25)12-14-20/h5-6,8-9,11-14,17,22H,4,7,10,15-16H2,1-3H3,(H,27,30). The highest BCUT2D eigenvalue weighted by Crippen LogP contribution is 2.21. The van der Waals surface area contributed by atoms with E-state index in [2.05, 4.69) is 5.32 Å². The van der Waals surface area contributed by atoms with E-state index in [-0.39, 0.29) is 30.8 Å². The van der Waals surface area contributed by atoms with Gasteiger partial charge in [-0.1, -0.05) is 48.3 Å². The molecule has 2 aromatic carbocycles. The minimum atomic E-state index is -0.566. The molecule has 1 N–H and O–H groups in total. The lowest BCUT2D eigenvalue weighted by Gasteiger charge is -2.31. The molecule has 0 saturated heterocycles. The second kappa shape index (κ2) is 12.6. The van der Waals surface area contributed by atoms with Crippen LogP contribution in [0.4, 0.5) is 0 Å². The van der Waals surface area contributed by atoms with E-state index in [0.717, 1.165) is 5.56 Å². The minimum absolute atomic E-state index is 0.00779. The summed E-state index contributed by atoms with van der Waals surface area (Å²) < 4.78 is 5.69. The van der Waals surface area contributed by atoms with Crippen molar-refractivity contribution in [3.8, 4) is 5.75 Å². The molecule has 2 amide bonds. The van der Waals surface area contributed by atoms with Crippen LogP contribution in [0, 0.1) is 0 Å². The lowest BCUT2D eigenvalue weighted by molar-refractivity contribution is -0.141. The van der Waals surface area contributed by atoms with Gasteiger partial charge in [0.15, 0.2) is 0 Å². The Kier molecular flexibility index (Phi) is 10.2. The molecular weight excluding hydrogens is 435 g/mol. The minimum Gasteiger partial charge on any atom is -0.494 e. The van der Waals surface area contributed by atoms with Crippen molar-refractivity contribution in [1.29, 1.82) is 0 Å². The molecule has 0 radical (unpaired) electrons. The number of rotatable bonds is 11. The molecule has 31 heavy (non-hydrogen) atoms. The lowest BCUT2D eigenvalue weighted by Crippen LogP contribution is -2.50. The first-order chi connectivity index (χ1) is 14.8. The highest BCUT2D eigenvalue weighted by atomic mass is 35.5. The number of carbonyl (C=O) groups is 2. The van der Waals surface area contributed by atoms with Crippen molar-refractivity contribution < 1.29 is 14.3 Å². The summed E-state index contributed by atoms with van der Waals surface area (Å²) in [5.41, 5.74) is 0.811. The van der Waals surface area contributed by atoms with Crippen molar-refractivity contribution in [1.82, 2.24) is 10.2 Å². The highest BCUT2D eigenvalue weighted by molar-refractivity contribution is 6.31. The maximum Gasteiger partial charge on any atom is 0.243 e. The van der Waals surface area contributed by atoms with Gasteiger partial charge in [0.2, 0.25) is 11.8 Å². The molecule has 5 nitrogen and oxygen atoms in total. The molecule has 0 aromatic heterocycles. The molecule has 1 atom stereocenters. The molecule has 2 aromatic rings. The maximum absolute atomic E-state index is 13.1. The second-order valence-corrected chi connectivity index (χ2v) is 8.45. The first-order valence-corrected chi connectivity index (χ1v) is 11.3. The average molecular weight is 465 g/mol. The number of amides is 2. The van der Waals surface area contributed by atoms with Crippen LogP contribution in [-0.2, 0) is 16.1 Å². The predicted molar refractivity (Wildman–Crippen MR) is 126 cm³/mol. The monoisotopic (exact) mass is 464 g/mol. The third-order valence-corrected chi connectivity index (χ3v) is 5.35. The van der Waals surface area contributed by atoms with Crippen LogP contribution in [0.15, 0.2) is 48.5 Å². The van der Waals surface area contributed by atoms with Gasteiger partial charge in [-0.25, -0.2) is 0 Å². The van der Waals surface area contributed by atoms with Crippen LogP contribution in [0.2, 0.25) is 10.0 Å². The molecule has 2 rings (SSSR count). The zero-order valence-corrected chi connectivity index (χ0v) is 19.7. The van der Waals surface area contributed by atoms with Gasteiger partial charge in [0.25, 0.3) is 0 Å². The van der Waals surface area contributed by atoms with Crippen LogP contribution in [0.5, 0.6) is 5.75 Å². The molecular formula is C24H30Cl2N2O3. The van der Waals surface area contributed by atoms with Crippen LogP contribution in [0.1, 0.15) is 45.6 Å². The molecule has 1 unspecified atom stereocenters. The smallest absolute Gasteiger partial charge is 0.243 e. The Labute approximate surface area is 194 Å². The molecule has 0 bridgehead atoms. The Hall–Kier alpha value is -2.24. The van der Waals surface area contributed by atoms with Crippen molar-refractivity contribution in [3.05, 3.63) is 64.1 Å². The van der Waals surface area contributed by atoms with Gasteiger partial charge in [0.05, 0.1) is 6.61 Å². The molecule has 0 heterocycles. The fourth-order valence-electron chi connectivity index (χ4n) is 3.20. The van der Waals surface area contributed by atoms with Gasteiger partial charge in [-0.2, -0.15) is 0 Å². The van der Waals surface area contributed by atoms with Crippen LogP contribution in [0.25, 0.3) is 0 Å². The van der Waals surface area contributed by atoms with Crippen LogP contribution in [-0.4, -0.2) is 35.4 Å². The summed E-state index contributed by atoms with van der Waals surface area (Å²) in [6.07, 6.45) is 1.31. The van der Waals surface area contributed by atoms with Crippen molar-refractivity contribution in [2.75, 3.05) is 6.61 Å². The largest absolute Gasteiger partial charge is 0.494 e.